The van der Waals surface area contributed by atoms with Gasteiger partial charge in [-0.15, -0.1) is 0 Å². The Morgan fingerprint density at radius 1 is 1.43 bits per heavy atom. The molecule has 1 aromatic carbocycles. The zero-order valence-corrected chi connectivity index (χ0v) is 11.5. The summed E-state index contributed by atoms with van der Waals surface area (Å²) in [4.78, 5) is 3.64. The van der Waals surface area contributed by atoms with Crippen LogP contribution < -0.4 is 5.32 Å². The molecule has 0 saturated heterocycles. The number of nitrogens with one attached hydrogen (secondary N) is 2. The van der Waals surface area contributed by atoms with Crippen LogP contribution in [0.15, 0.2) is 23.2 Å². The quantitative estimate of drug-likeness (QED) is 0.652. The molecule has 0 radical (unpaired) electrons. The number of alkyl halides is 3. The van der Waals surface area contributed by atoms with E-state index in [1.165, 1.54) is 12.1 Å². The lowest BCUT2D eigenvalue weighted by Gasteiger charge is -2.23. The summed E-state index contributed by atoms with van der Waals surface area (Å²) in [5.41, 5.74) is 0.646. The summed E-state index contributed by atoms with van der Waals surface area (Å²) in [6, 6.07) is 1.97. The van der Waals surface area contributed by atoms with Gasteiger partial charge in [0.25, 0.3) is 0 Å². The van der Waals surface area contributed by atoms with E-state index >= 15 is 0 Å². The van der Waals surface area contributed by atoms with Gasteiger partial charge in [-0.05, 0) is 17.7 Å². The fraction of sp³-hybridized carbons (Fsp3) is 0.385. The molecule has 8 heteroatoms. The highest BCUT2D eigenvalue weighted by molar-refractivity contribution is 6.31. The van der Waals surface area contributed by atoms with E-state index in [9.17, 15) is 17.6 Å². The number of hydrogen-bond donors (Lipinski definition) is 2. The molecule has 21 heavy (non-hydrogen) atoms. The van der Waals surface area contributed by atoms with Crippen molar-refractivity contribution in [2.45, 2.75) is 18.6 Å². The van der Waals surface area contributed by atoms with Crippen molar-refractivity contribution in [3.05, 3.63) is 34.6 Å². The molecule has 2 N–H and O–H groups in total. The lowest BCUT2D eigenvalue weighted by Crippen LogP contribution is -2.44. The van der Waals surface area contributed by atoms with Gasteiger partial charge in [-0.1, -0.05) is 17.7 Å². The summed E-state index contributed by atoms with van der Waals surface area (Å²) in [5.74, 6) is -0.609. The molecule has 1 unspecified atom stereocenters. The Bertz CT molecular complexity index is 583. The summed E-state index contributed by atoms with van der Waals surface area (Å²) in [6.45, 7) is -0.0629. The fourth-order valence-corrected chi connectivity index (χ4v) is 2.13. The third-order valence-electron chi connectivity index (χ3n) is 3.03. The second-order valence-electron chi connectivity index (χ2n) is 4.67. The lowest BCUT2D eigenvalue weighted by atomic mass is 10.0. The van der Waals surface area contributed by atoms with E-state index in [1.807, 2.05) is 0 Å². The summed E-state index contributed by atoms with van der Waals surface area (Å²) < 4.78 is 50.9. The first-order valence-corrected chi connectivity index (χ1v) is 6.51. The van der Waals surface area contributed by atoms with E-state index in [2.05, 4.69) is 10.3 Å². The standard InChI is InChI=1S/C13H12ClF4N3/c14-9-3-7(1-2-10(9)15)11(19)4-8-5-20-6-12(21-8)13(16,17)18/h1-3,12,19-20H,4-6H2. The van der Waals surface area contributed by atoms with Crippen molar-refractivity contribution < 1.29 is 17.6 Å². The van der Waals surface area contributed by atoms with Crippen molar-refractivity contribution in [3.63, 3.8) is 0 Å². The highest BCUT2D eigenvalue weighted by Crippen LogP contribution is 2.24. The molecule has 0 spiro atoms. The zero-order valence-electron chi connectivity index (χ0n) is 10.8. The fourth-order valence-electron chi connectivity index (χ4n) is 1.95. The van der Waals surface area contributed by atoms with Gasteiger partial charge >= 0.3 is 6.18 Å². The number of nitrogens with zero attached hydrogens (tertiary/aromatic N) is 1. The summed E-state index contributed by atoms with van der Waals surface area (Å²) in [6.07, 6.45) is -4.44. The highest BCUT2D eigenvalue weighted by Gasteiger charge is 2.40. The van der Waals surface area contributed by atoms with Crippen LogP contribution in [0.4, 0.5) is 17.6 Å². The van der Waals surface area contributed by atoms with E-state index in [1.54, 1.807) is 0 Å². The first kappa shape index (κ1) is 15.9. The SMILES string of the molecule is N=C(CC1=NC(C(F)(F)F)CNC1)c1ccc(F)c(Cl)c1. The normalized spacial score (nSPS) is 19.3. The molecule has 0 saturated carbocycles. The van der Waals surface area contributed by atoms with E-state index in [0.29, 0.717) is 5.56 Å². The third-order valence-corrected chi connectivity index (χ3v) is 3.32. The molecule has 0 bridgehead atoms. The number of benzene rings is 1. The number of halogens is 5. The Labute approximate surface area is 123 Å². The molecule has 0 amide bonds. The molecule has 1 aromatic rings. The Balaban J connectivity index is 2.11. The van der Waals surface area contributed by atoms with Crippen molar-refractivity contribution in [1.82, 2.24) is 5.32 Å². The third kappa shape index (κ3) is 4.01. The van der Waals surface area contributed by atoms with Crippen LogP contribution in [-0.2, 0) is 0 Å². The van der Waals surface area contributed by atoms with Gasteiger partial charge in [-0.2, -0.15) is 13.2 Å². The minimum atomic E-state index is -4.40. The Morgan fingerprint density at radius 3 is 2.76 bits per heavy atom. The van der Waals surface area contributed by atoms with Crippen LogP contribution in [0.2, 0.25) is 5.02 Å². The summed E-state index contributed by atoms with van der Waals surface area (Å²) >= 11 is 5.62. The molecule has 1 atom stereocenters. The van der Waals surface area contributed by atoms with Crippen LogP contribution in [0.5, 0.6) is 0 Å². The average Bonchev–Trinajstić information content (AvgIpc) is 2.41. The van der Waals surface area contributed by atoms with Gasteiger partial charge < -0.3 is 10.7 Å². The van der Waals surface area contributed by atoms with Gasteiger partial charge in [-0.25, -0.2) is 4.39 Å². The molecule has 2 rings (SSSR count). The van der Waals surface area contributed by atoms with E-state index in [-0.39, 0.29) is 36.0 Å². The van der Waals surface area contributed by atoms with Gasteiger partial charge in [0.05, 0.1) is 5.02 Å². The maximum atomic E-state index is 13.0. The van der Waals surface area contributed by atoms with Gasteiger partial charge in [-0.3, -0.25) is 4.99 Å². The van der Waals surface area contributed by atoms with Crippen molar-refractivity contribution in [2.24, 2.45) is 4.99 Å². The van der Waals surface area contributed by atoms with Crippen molar-refractivity contribution >= 4 is 23.0 Å². The molecule has 1 aliphatic rings. The Hall–Kier alpha value is -1.47. The minimum absolute atomic E-state index is 0.0401. The largest absolute Gasteiger partial charge is 0.411 e. The molecule has 0 aliphatic carbocycles. The van der Waals surface area contributed by atoms with E-state index in [0.717, 1.165) is 6.07 Å². The monoisotopic (exact) mass is 321 g/mol. The number of hydrogen-bond acceptors (Lipinski definition) is 3. The number of aliphatic imine (C=N–C) groups is 1. The van der Waals surface area contributed by atoms with Gasteiger partial charge in [0.15, 0.2) is 6.04 Å². The molecular formula is C13H12ClF4N3. The smallest absolute Gasteiger partial charge is 0.309 e. The van der Waals surface area contributed by atoms with Crippen molar-refractivity contribution in [2.75, 3.05) is 13.1 Å². The first-order valence-electron chi connectivity index (χ1n) is 6.13. The predicted molar refractivity (Wildman–Crippen MR) is 73.0 cm³/mol. The van der Waals surface area contributed by atoms with Crippen LogP contribution in [0.25, 0.3) is 0 Å². The average molecular weight is 322 g/mol. The summed E-state index contributed by atoms with van der Waals surface area (Å²) in [7, 11) is 0. The predicted octanol–water partition coefficient (Wildman–Crippen LogP) is 3.21. The van der Waals surface area contributed by atoms with Crippen molar-refractivity contribution in [3.8, 4) is 0 Å². The molecular weight excluding hydrogens is 310 g/mol. The molecule has 0 fully saturated rings. The second kappa shape index (κ2) is 6.11. The molecule has 3 nitrogen and oxygen atoms in total. The van der Waals surface area contributed by atoms with E-state index in [4.69, 9.17) is 17.0 Å². The topological polar surface area (TPSA) is 48.2 Å². The van der Waals surface area contributed by atoms with Gasteiger partial charge in [0.1, 0.15) is 5.82 Å². The molecule has 0 aromatic heterocycles. The van der Waals surface area contributed by atoms with Crippen LogP contribution >= 0.6 is 11.6 Å². The van der Waals surface area contributed by atoms with Crippen LogP contribution in [-0.4, -0.2) is 36.7 Å². The Morgan fingerprint density at radius 2 is 2.14 bits per heavy atom. The van der Waals surface area contributed by atoms with Crippen molar-refractivity contribution in [1.29, 1.82) is 5.41 Å². The van der Waals surface area contributed by atoms with Crippen LogP contribution in [0, 0.1) is 11.2 Å². The second-order valence-corrected chi connectivity index (χ2v) is 5.08. The zero-order chi connectivity index (χ0) is 15.6. The molecule has 1 aliphatic heterocycles. The minimum Gasteiger partial charge on any atom is -0.309 e. The lowest BCUT2D eigenvalue weighted by molar-refractivity contribution is -0.146. The van der Waals surface area contributed by atoms with E-state index < -0.39 is 18.0 Å². The van der Waals surface area contributed by atoms with Gasteiger partial charge in [0, 0.05) is 30.9 Å². The molecule has 1 heterocycles. The first-order chi connectivity index (χ1) is 9.77. The Kier molecular flexibility index (Phi) is 4.63. The molecule has 114 valence electrons. The number of rotatable bonds is 3. The van der Waals surface area contributed by atoms with Crippen LogP contribution in [0.3, 0.4) is 0 Å². The summed E-state index contributed by atoms with van der Waals surface area (Å²) in [5, 5.41) is 10.4. The highest BCUT2D eigenvalue weighted by atomic mass is 35.5. The maximum absolute atomic E-state index is 13.0. The maximum Gasteiger partial charge on any atom is 0.411 e. The van der Waals surface area contributed by atoms with Crippen LogP contribution in [0.1, 0.15) is 12.0 Å². The van der Waals surface area contributed by atoms with Gasteiger partial charge in [0.2, 0.25) is 0 Å².